The van der Waals surface area contributed by atoms with Crippen LogP contribution < -0.4 is 9.80 Å². The molecule has 3 aliphatic heterocycles. The first kappa shape index (κ1) is 17.8. The van der Waals surface area contributed by atoms with Crippen molar-refractivity contribution in [3.63, 3.8) is 0 Å². The maximum Gasteiger partial charge on any atom is 0.225 e. The summed E-state index contributed by atoms with van der Waals surface area (Å²) in [6.07, 6.45) is 5.70. The summed E-state index contributed by atoms with van der Waals surface area (Å²) in [4.78, 5) is 25.5. The molecular formula is C20H27N7O. The average molecular weight is 381 g/mol. The van der Waals surface area contributed by atoms with E-state index in [1.165, 1.54) is 0 Å². The molecule has 0 N–H and O–H groups in total. The molecule has 0 saturated carbocycles. The Balaban J connectivity index is 1.36. The molecule has 0 radical (unpaired) electrons. The minimum atomic E-state index is 0.208. The maximum absolute atomic E-state index is 5.46. The van der Waals surface area contributed by atoms with Crippen LogP contribution >= 0.6 is 0 Å². The third-order valence-electron chi connectivity index (χ3n) is 6.20. The summed E-state index contributed by atoms with van der Waals surface area (Å²) >= 11 is 0. The smallest absolute Gasteiger partial charge is 0.225 e. The Morgan fingerprint density at radius 3 is 2.50 bits per heavy atom. The van der Waals surface area contributed by atoms with Gasteiger partial charge in [0.25, 0.3) is 0 Å². The van der Waals surface area contributed by atoms with Gasteiger partial charge < -0.3 is 19.4 Å². The van der Waals surface area contributed by atoms with Gasteiger partial charge in [-0.2, -0.15) is 0 Å². The lowest BCUT2D eigenvalue weighted by atomic mass is 9.70. The van der Waals surface area contributed by atoms with E-state index in [2.05, 4.69) is 42.8 Å². The van der Waals surface area contributed by atoms with E-state index in [-0.39, 0.29) is 5.41 Å². The fourth-order valence-corrected chi connectivity index (χ4v) is 4.82. The van der Waals surface area contributed by atoms with E-state index >= 15 is 0 Å². The molecule has 8 nitrogen and oxygen atoms in total. The number of ether oxygens (including phenoxy) is 1. The number of rotatable bonds is 3. The summed E-state index contributed by atoms with van der Waals surface area (Å²) in [6.45, 7) is 9.29. The molecule has 0 aromatic carbocycles. The first-order chi connectivity index (χ1) is 13.6. The second-order valence-electron chi connectivity index (χ2n) is 8.41. The lowest BCUT2D eigenvalue weighted by molar-refractivity contribution is 0.122. The van der Waals surface area contributed by atoms with Crippen molar-refractivity contribution in [2.75, 3.05) is 69.3 Å². The predicted molar refractivity (Wildman–Crippen MR) is 107 cm³/mol. The quantitative estimate of drug-likeness (QED) is 0.778. The SMILES string of the molecule is Cc1cnc(N2CC3(CN(C)CC3c3ccnc(N4CCOCC4)n3)C2)nc1. The minimum absolute atomic E-state index is 0.208. The van der Waals surface area contributed by atoms with Crippen LogP contribution in [-0.2, 0) is 4.74 Å². The Morgan fingerprint density at radius 1 is 1.00 bits per heavy atom. The molecule has 3 saturated heterocycles. The molecule has 0 bridgehead atoms. The van der Waals surface area contributed by atoms with Crippen LogP contribution in [0.4, 0.5) is 11.9 Å². The van der Waals surface area contributed by atoms with Gasteiger partial charge in [-0.1, -0.05) is 0 Å². The molecule has 1 spiro atoms. The van der Waals surface area contributed by atoms with Crippen LogP contribution in [0.3, 0.4) is 0 Å². The summed E-state index contributed by atoms with van der Waals surface area (Å²) in [7, 11) is 2.21. The van der Waals surface area contributed by atoms with Crippen molar-refractivity contribution in [1.29, 1.82) is 0 Å². The largest absolute Gasteiger partial charge is 0.378 e. The van der Waals surface area contributed by atoms with E-state index in [1.807, 2.05) is 25.5 Å². The molecule has 5 rings (SSSR count). The molecule has 1 atom stereocenters. The Labute approximate surface area is 165 Å². The predicted octanol–water partition coefficient (Wildman–Crippen LogP) is 0.947. The standard InChI is InChI=1S/C20H27N7O/c1-15-9-22-18(23-10-15)27-13-20(14-27)12-25(2)11-16(20)17-3-4-21-19(24-17)26-5-7-28-8-6-26/h3-4,9-10,16H,5-8,11-14H2,1-2H3. The Bertz CT molecular complexity index is 831. The van der Waals surface area contributed by atoms with Crippen molar-refractivity contribution in [1.82, 2.24) is 24.8 Å². The number of hydrogen-bond acceptors (Lipinski definition) is 8. The molecule has 1 unspecified atom stereocenters. The third kappa shape index (κ3) is 3.10. The molecule has 2 aromatic heterocycles. The van der Waals surface area contributed by atoms with Crippen LogP contribution in [0.5, 0.6) is 0 Å². The third-order valence-corrected chi connectivity index (χ3v) is 6.20. The van der Waals surface area contributed by atoms with Crippen LogP contribution in [0.1, 0.15) is 17.2 Å². The number of morpholine rings is 1. The molecule has 3 aliphatic rings. The van der Waals surface area contributed by atoms with E-state index in [0.717, 1.165) is 75.6 Å². The van der Waals surface area contributed by atoms with Gasteiger partial charge >= 0.3 is 0 Å². The van der Waals surface area contributed by atoms with Crippen molar-refractivity contribution in [2.24, 2.45) is 5.41 Å². The molecule has 28 heavy (non-hydrogen) atoms. The summed E-state index contributed by atoms with van der Waals surface area (Å²) in [5, 5.41) is 0. The van der Waals surface area contributed by atoms with Gasteiger partial charge in [-0.3, -0.25) is 0 Å². The summed E-state index contributed by atoms with van der Waals surface area (Å²) in [5.41, 5.74) is 2.46. The number of aromatic nitrogens is 4. The normalized spacial score (nSPS) is 24.6. The molecule has 2 aromatic rings. The van der Waals surface area contributed by atoms with Gasteiger partial charge in [0.2, 0.25) is 11.9 Å². The Hall–Kier alpha value is -2.32. The highest BCUT2D eigenvalue weighted by Crippen LogP contribution is 2.49. The van der Waals surface area contributed by atoms with E-state index < -0.39 is 0 Å². The number of aryl methyl sites for hydroxylation is 1. The lowest BCUT2D eigenvalue weighted by Gasteiger charge is -2.51. The summed E-state index contributed by atoms with van der Waals surface area (Å²) < 4.78 is 5.46. The van der Waals surface area contributed by atoms with E-state index in [1.54, 1.807) is 0 Å². The van der Waals surface area contributed by atoms with Gasteiger partial charge in [0.1, 0.15) is 0 Å². The lowest BCUT2D eigenvalue weighted by Crippen LogP contribution is -2.60. The fraction of sp³-hybridized carbons (Fsp3) is 0.600. The van der Waals surface area contributed by atoms with Crippen molar-refractivity contribution in [3.05, 3.63) is 35.9 Å². The van der Waals surface area contributed by atoms with Gasteiger partial charge in [0, 0.05) is 69.2 Å². The van der Waals surface area contributed by atoms with E-state index in [0.29, 0.717) is 5.92 Å². The van der Waals surface area contributed by atoms with Gasteiger partial charge in [0.15, 0.2) is 0 Å². The Kier molecular flexibility index (Phi) is 4.40. The number of likely N-dealkylation sites (N-methyl/N-ethyl adjacent to an activating group) is 1. The average Bonchev–Trinajstić information content (AvgIpc) is 3.06. The molecule has 8 heteroatoms. The molecule has 0 aliphatic carbocycles. The monoisotopic (exact) mass is 381 g/mol. The van der Waals surface area contributed by atoms with Crippen molar-refractivity contribution < 1.29 is 4.74 Å². The van der Waals surface area contributed by atoms with Crippen LogP contribution in [0.15, 0.2) is 24.7 Å². The van der Waals surface area contributed by atoms with Crippen LogP contribution in [0.2, 0.25) is 0 Å². The first-order valence-electron chi connectivity index (χ1n) is 10.0. The van der Waals surface area contributed by atoms with Crippen LogP contribution in [0.25, 0.3) is 0 Å². The Morgan fingerprint density at radius 2 is 1.75 bits per heavy atom. The van der Waals surface area contributed by atoms with Crippen LogP contribution in [-0.4, -0.2) is 84.4 Å². The number of likely N-dealkylation sites (tertiary alicyclic amines) is 1. The van der Waals surface area contributed by atoms with Gasteiger partial charge in [-0.05, 0) is 25.6 Å². The van der Waals surface area contributed by atoms with Crippen LogP contribution in [0, 0.1) is 12.3 Å². The van der Waals surface area contributed by atoms with Gasteiger partial charge in [-0.25, -0.2) is 19.9 Å². The first-order valence-corrected chi connectivity index (χ1v) is 10.0. The number of anilines is 2. The zero-order chi connectivity index (χ0) is 19.1. The zero-order valence-electron chi connectivity index (χ0n) is 16.6. The molecule has 5 heterocycles. The minimum Gasteiger partial charge on any atom is -0.378 e. The fourth-order valence-electron chi connectivity index (χ4n) is 4.82. The van der Waals surface area contributed by atoms with Crippen molar-refractivity contribution in [2.45, 2.75) is 12.8 Å². The highest BCUT2D eigenvalue weighted by atomic mass is 16.5. The highest BCUT2D eigenvalue weighted by Gasteiger charge is 2.55. The molecular weight excluding hydrogens is 354 g/mol. The number of hydrogen-bond donors (Lipinski definition) is 0. The highest BCUT2D eigenvalue weighted by molar-refractivity contribution is 5.41. The van der Waals surface area contributed by atoms with Gasteiger partial charge in [-0.15, -0.1) is 0 Å². The molecule has 148 valence electrons. The molecule has 0 amide bonds. The maximum atomic E-state index is 5.46. The van der Waals surface area contributed by atoms with E-state index in [9.17, 15) is 0 Å². The number of nitrogens with zero attached hydrogens (tertiary/aromatic N) is 7. The second-order valence-corrected chi connectivity index (χ2v) is 8.41. The van der Waals surface area contributed by atoms with Crippen molar-refractivity contribution in [3.8, 4) is 0 Å². The van der Waals surface area contributed by atoms with E-state index in [4.69, 9.17) is 9.72 Å². The van der Waals surface area contributed by atoms with Gasteiger partial charge in [0.05, 0.1) is 18.9 Å². The topological polar surface area (TPSA) is 70.5 Å². The van der Waals surface area contributed by atoms with Crippen molar-refractivity contribution >= 4 is 11.9 Å². The second kappa shape index (κ2) is 6.93. The zero-order valence-corrected chi connectivity index (χ0v) is 16.6. The summed E-state index contributed by atoms with van der Waals surface area (Å²) in [5.74, 6) is 2.08. The molecule has 3 fully saturated rings. The summed E-state index contributed by atoms with van der Waals surface area (Å²) in [6, 6.07) is 2.10.